The van der Waals surface area contributed by atoms with E-state index in [0.29, 0.717) is 6.61 Å². The molecular formula is C13H17N3OS. The monoisotopic (exact) mass is 263 g/mol. The van der Waals surface area contributed by atoms with E-state index in [4.69, 9.17) is 10.6 Å². The molecule has 96 valence electrons. The Labute approximate surface area is 111 Å². The second kappa shape index (κ2) is 5.95. The molecule has 2 aromatic rings. The van der Waals surface area contributed by atoms with Gasteiger partial charge in [-0.05, 0) is 31.5 Å². The number of nitrogens with zero attached hydrogens (tertiary/aromatic N) is 1. The SMILES string of the molecule is CCOc1cccc(C(NN)c2csc(C)n2)c1. The molecule has 0 bridgehead atoms. The molecule has 0 saturated heterocycles. The van der Waals surface area contributed by atoms with Crippen LogP contribution < -0.4 is 16.0 Å². The summed E-state index contributed by atoms with van der Waals surface area (Å²) in [7, 11) is 0. The van der Waals surface area contributed by atoms with Crippen LogP contribution in [-0.4, -0.2) is 11.6 Å². The summed E-state index contributed by atoms with van der Waals surface area (Å²) in [4.78, 5) is 4.47. The first kappa shape index (κ1) is 13.0. The van der Waals surface area contributed by atoms with Crippen molar-refractivity contribution in [3.8, 4) is 5.75 Å². The van der Waals surface area contributed by atoms with Crippen LogP contribution >= 0.6 is 11.3 Å². The molecule has 5 heteroatoms. The molecule has 0 amide bonds. The second-order valence-electron chi connectivity index (χ2n) is 3.90. The predicted octanol–water partition coefficient (Wildman–Crippen LogP) is 2.40. The van der Waals surface area contributed by atoms with E-state index in [9.17, 15) is 0 Å². The first-order valence-electron chi connectivity index (χ1n) is 5.85. The number of aryl methyl sites for hydroxylation is 1. The summed E-state index contributed by atoms with van der Waals surface area (Å²) in [6.07, 6.45) is 0. The highest BCUT2D eigenvalue weighted by molar-refractivity contribution is 7.09. The molecule has 1 atom stereocenters. The van der Waals surface area contributed by atoms with Gasteiger partial charge in [-0.25, -0.2) is 10.4 Å². The van der Waals surface area contributed by atoms with Gasteiger partial charge < -0.3 is 4.74 Å². The number of nitrogens with two attached hydrogens (primary N) is 1. The number of rotatable bonds is 5. The summed E-state index contributed by atoms with van der Waals surface area (Å²) in [5, 5.41) is 3.05. The number of ether oxygens (including phenoxy) is 1. The summed E-state index contributed by atoms with van der Waals surface area (Å²) in [6, 6.07) is 7.80. The van der Waals surface area contributed by atoms with Gasteiger partial charge in [0.15, 0.2) is 0 Å². The standard InChI is InChI=1S/C13H17N3OS/c1-3-17-11-6-4-5-10(7-11)13(16-14)12-8-18-9(2)15-12/h4-8,13,16H,3,14H2,1-2H3. The van der Waals surface area contributed by atoms with E-state index >= 15 is 0 Å². The lowest BCUT2D eigenvalue weighted by Gasteiger charge is -2.15. The summed E-state index contributed by atoms with van der Waals surface area (Å²) in [6.45, 7) is 4.60. The first-order valence-corrected chi connectivity index (χ1v) is 6.73. The van der Waals surface area contributed by atoms with Gasteiger partial charge >= 0.3 is 0 Å². The molecule has 0 aliphatic carbocycles. The number of aromatic nitrogens is 1. The molecule has 0 aliphatic rings. The van der Waals surface area contributed by atoms with Crippen LogP contribution in [0.5, 0.6) is 5.75 Å². The minimum atomic E-state index is -0.102. The lowest BCUT2D eigenvalue weighted by atomic mass is 10.1. The van der Waals surface area contributed by atoms with E-state index in [1.54, 1.807) is 11.3 Å². The van der Waals surface area contributed by atoms with Crippen molar-refractivity contribution in [3.05, 3.63) is 45.9 Å². The summed E-state index contributed by atoms with van der Waals surface area (Å²) in [5.41, 5.74) is 4.79. The molecule has 0 aliphatic heterocycles. The van der Waals surface area contributed by atoms with Crippen LogP contribution in [0.25, 0.3) is 0 Å². The highest BCUT2D eigenvalue weighted by Crippen LogP contribution is 2.25. The Morgan fingerprint density at radius 1 is 1.50 bits per heavy atom. The molecule has 0 saturated carbocycles. The smallest absolute Gasteiger partial charge is 0.119 e. The van der Waals surface area contributed by atoms with Gasteiger partial charge in [0.1, 0.15) is 5.75 Å². The number of nitrogens with one attached hydrogen (secondary N) is 1. The van der Waals surface area contributed by atoms with E-state index < -0.39 is 0 Å². The van der Waals surface area contributed by atoms with Crippen LogP contribution in [0.15, 0.2) is 29.6 Å². The molecule has 0 radical (unpaired) electrons. The minimum Gasteiger partial charge on any atom is -0.494 e. The molecule has 3 N–H and O–H groups in total. The van der Waals surface area contributed by atoms with Gasteiger partial charge in [-0.3, -0.25) is 5.84 Å². The maximum Gasteiger partial charge on any atom is 0.119 e. The second-order valence-corrected chi connectivity index (χ2v) is 4.96. The minimum absolute atomic E-state index is 0.102. The molecule has 18 heavy (non-hydrogen) atoms. The normalized spacial score (nSPS) is 12.4. The summed E-state index contributed by atoms with van der Waals surface area (Å²) < 4.78 is 5.50. The van der Waals surface area contributed by atoms with Crippen LogP contribution in [0.4, 0.5) is 0 Å². The van der Waals surface area contributed by atoms with Gasteiger partial charge in [0.2, 0.25) is 0 Å². The number of hydrogen-bond donors (Lipinski definition) is 2. The zero-order chi connectivity index (χ0) is 13.0. The molecule has 1 aromatic heterocycles. The van der Waals surface area contributed by atoms with Gasteiger partial charge in [0.05, 0.1) is 23.4 Å². The van der Waals surface area contributed by atoms with Crippen molar-refractivity contribution in [2.75, 3.05) is 6.61 Å². The maximum absolute atomic E-state index is 5.64. The number of hydrazine groups is 1. The number of hydrogen-bond acceptors (Lipinski definition) is 5. The zero-order valence-electron chi connectivity index (χ0n) is 10.5. The lowest BCUT2D eigenvalue weighted by Crippen LogP contribution is -2.29. The Bertz CT molecular complexity index is 512. The summed E-state index contributed by atoms with van der Waals surface area (Å²) in [5.74, 6) is 6.49. The van der Waals surface area contributed by atoms with E-state index in [0.717, 1.165) is 22.0 Å². The fourth-order valence-corrected chi connectivity index (χ4v) is 2.45. The molecule has 2 rings (SSSR count). The fraction of sp³-hybridized carbons (Fsp3) is 0.308. The van der Waals surface area contributed by atoms with E-state index in [-0.39, 0.29) is 6.04 Å². The molecule has 1 aromatic carbocycles. The van der Waals surface area contributed by atoms with Gasteiger partial charge in [-0.15, -0.1) is 11.3 Å². The van der Waals surface area contributed by atoms with Gasteiger partial charge in [-0.2, -0.15) is 0 Å². The van der Waals surface area contributed by atoms with Crippen LogP contribution in [0.3, 0.4) is 0 Å². The Balaban J connectivity index is 2.29. The van der Waals surface area contributed by atoms with Gasteiger partial charge in [-0.1, -0.05) is 12.1 Å². The third-order valence-corrected chi connectivity index (χ3v) is 3.39. The van der Waals surface area contributed by atoms with Crippen LogP contribution in [0.2, 0.25) is 0 Å². The van der Waals surface area contributed by atoms with Crippen molar-refractivity contribution in [3.63, 3.8) is 0 Å². The largest absolute Gasteiger partial charge is 0.494 e. The highest BCUT2D eigenvalue weighted by atomic mass is 32.1. The Hall–Kier alpha value is -1.43. The third-order valence-electron chi connectivity index (χ3n) is 2.60. The average molecular weight is 263 g/mol. The van der Waals surface area contributed by atoms with Crippen molar-refractivity contribution in [2.45, 2.75) is 19.9 Å². The Kier molecular flexibility index (Phi) is 4.30. The zero-order valence-corrected chi connectivity index (χ0v) is 11.3. The molecule has 1 heterocycles. The highest BCUT2D eigenvalue weighted by Gasteiger charge is 2.15. The fourth-order valence-electron chi connectivity index (χ4n) is 1.82. The molecule has 0 fully saturated rings. The quantitative estimate of drug-likeness (QED) is 0.642. The lowest BCUT2D eigenvalue weighted by molar-refractivity contribution is 0.339. The van der Waals surface area contributed by atoms with E-state index in [1.165, 1.54) is 0 Å². The predicted molar refractivity (Wildman–Crippen MR) is 73.6 cm³/mol. The third kappa shape index (κ3) is 2.87. The molecule has 4 nitrogen and oxygen atoms in total. The van der Waals surface area contributed by atoms with Gasteiger partial charge in [0, 0.05) is 5.38 Å². The average Bonchev–Trinajstić information content (AvgIpc) is 2.78. The van der Waals surface area contributed by atoms with Crippen molar-refractivity contribution in [1.29, 1.82) is 0 Å². The van der Waals surface area contributed by atoms with E-state index in [2.05, 4.69) is 10.4 Å². The maximum atomic E-state index is 5.64. The van der Waals surface area contributed by atoms with E-state index in [1.807, 2.05) is 43.5 Å². The number of benzene rings is 1. The van der Waals surface area contributed by atoms with Crippen molar-refractivity contribution in [2.24, 2.45) is 5.84 Å². The molecule has 0 spiro atoms. The number of thiazole rings is 1. The summed E-state index contributed by atoms with van der Waals surface area (Å²) >= 11 is 1.62. The molecular weight excluding hydrogens is 246 g/mol. The Morgan fingerprint density at radius 3 is 2.94 bits per heavy atom. The van der Waals surface area contributed by atoms with Crippen LogP contribution in [0.1, 0.15) is 29.2 Å². The Morgan fingerprint density at radius 2 is 2.33 bits per heavy atom. The van der Waals surface area contributed by atoms with Crippen molar-refractivity contribution < 1.29 is 4.74 Å². The van der Waals surface area contributed by atoms with Crippen LogP contribution in [0, 0.1) is 6.92 Å². The van der Waals surface area contributed by atoms with Gasteiger partial charge in [0.25, 0.3) is 0 Å². The van der Waals surface area contributed by atoms with Crippen molar-refractivity contribution in [1.82, 2.24) is 10.4 Å². The van der Waals surface area contributed by atoms with Crippen molar-refractivity contribution >= 4 is 11.3 Å². The first-order chi connectivity index (χ1) is 8.74. The van der Waals surface area contributed by atoms with Crippen LogP contribution in [-0.2, 0) is 0 Å². The molecule has 1 unspecified atom stereocenters. The topological polar surface area (TPSA) is 60.2 Å².